The van der Waals surface area contributed by atoms with Gasteiger partial charge in [0.1, 0.15) is 0 Å². The van der Waals surface area contributed by atoms with Gasteiger partial charge in [-0.1, -0.05) is 6.07 Å². The topological polar surface area (TPSA) is 65.5 Å². The van der Waals surface area contributed by atoms with E-state index >= 15 is 0 Å². The molecule has 3 rings (SSSR count). The number of hydrogen-bond donors (Lipinski definition) is 0. The van der Waals surface area contributed by atoms with Gasteiger partial charge in [0.2, 0.25) is 5.88 Å². The van der Waals surface area contributed by atoms with E-state index in [-0.39, 0.29) is 24.5 Å². The summed E-state index contributed by atoms with van der Waals surface area (Å²) in [6.45, 7) is 0. The Bertz CT molecular complexity index is 943. The van der Waals surface area contributed by atoms with Crippen molar-refractivity contribution in [1.29, 1.82) is 0 Å². The van der Waals surface area contributed by atoms with Crippen LogP contribution >= 0.6 is 0 Å². The molecule has 1 aromatic heterocycles. The second-order valence-corrected chi connectivity index (χ2v) is 8.83. The third-order valence-corrected chi connectivity index (χ3v) is 7.25. The van der Waals surface area contributed by atoms with Crippen molar-refractivity contribution < 1.29 is 31.1 Å². The molecular weight excluding hydrogens is 395 g/mol. The molecule has 0 unspecified atom stereocenters. The first-order valence-electron chi connectivity index (χ1n) is 8.65. The van der Waals surface area contributed by atoms with Gasteiger partial charge >= 0.3 is 6.18 Å². The van der Waals surface area contributed by atoms with Crippen molar-refractivity contribution in [3.63, 3.8) is 0 Å². The minimum absolute atomic E-state index is 0.195. The predicted molar refractivity (Wildman–Crippen MR) is 96.8 cm³/mol. The van der Waals surface area contributed by atoms with Crippen LogP contribution in [0, 0.1) is 0 Å². The summed E-state index contributed by atoms with van der Waals surface area (Å²) in [5.41, 5.74) is -0.514. The minimum atomic E-state index is -4.81. The van der Waals surface area contributed by atoms with Crippen LogP contribution in [0.4, 0.5) is 13.2 Å². The van der Waals surface area contributed by atoms with E-state index in [1.54, 1.807) is 6.07 Å². The number of benzene rings is 1. The Morgan fingerprint density at radius 1 is 1.07 bits per heavy atom. The first-order valence-corrected chi connectivity index (χ1v) is 10.2. The summed E-state index contributed by atoms with van der Waals surface area (Å²) in [7, 11) is -1.24. The normalized spacial score (nSPS) is 20.3. The highest BCUT2D eigenvalue weighted by molar-refractivity contribution is 7.92. The van der Waals surface area contributed by atoms with Gasteiger partial charge in [-0.05, 0) is 43.0 Å². The molecule has 2 atom stereocenters. The Morgan fingerprint density at radius 2 is 1.79 bits per heavy atom. The summed E-state index contributed by atoms with van der Waals surface area (Å²) in [4.78, 5) is 3.29. The zero-order valence-corrected chi connectivity index (χ0v) is 16.2. The Balaban J connectivity index is 2.04. The molecule has 28 heavy (non-hydrogen) atoms. The Morgan fingerprint density at radius 3 is 2.32 bits per heavy atom. The molecule has 0 saturated heterocycles. The van der Waals surface area contributed by atoms with Crippen molar-refractivity contribution in [1.82, 2.24) is 4.98 Å². The molecule has 0 amide bonds. The van der Waals surface area contributed by atoms with Crippen molar-refractivity contribution in [2.24, 2.45) is 0 Å². The average Bonchev–Trinajstić information content (AvgIpc) is 3.17. The summed E-state index contributed by atoms with van der Waals surface area (Å²) in [5.74, 6) is 0.327. The lowest BCUT2D eigenvalue weighted by Gasteiger charge is -2.18. The van der Waals surface area contributed by atoms with Gasteiger partial charge in [0, 0.05) is 24.9 Å². The highest BCUT2D eigenvalue weighted by atomic mass is 32.2. The molecule has 9 heteroatoms. The largest absolute Gasteiger partial charge is 0.481 e. The lowest BCUT2D eigenvalue weighted by atomic mass is 10.0. The molecule has 1 fully saturated rings. The zero-order valence-electron chi connectivity index (χ0n) is 15.4. The van der Waals surface area contributed by atoms with Crippen LogP contribution in [0.25, 0.3) is 11.1 Å². The first kappa shape index (κ1) is 20.6. The van der Waals surface area contributed by atoms with Gasteiger partial charge < -0.3 is 9.47 Å². The minimum Gasteiger partial charge on any atom is -0.481 e. The van der Waals surface area contributed by atoms with Gasteiger partial charge in [0.15, 0.2) is 9.84 Å². The fourth-order valence-corrected chi connectivity index (χ4v) is 5.44. The van der Waals surface area contributed by atoms with Gasteiger partial charge in [-0.15, -0.1) is 0 Å². The van der Waals surface area contributed by atoms with E-state index in [2.05, 4.69) is 4.98 Å². The van der Waals surface area contributed by atoms with Crippen molar-refractivity contribution >= 4 is 9.84 Å². The van der Waals surface area contributed by atoms with Crippen LogP contribution in [-0.4, -0.2) is 39.0 Å². The molecule has 0 bridgehead atoms. The second-order valence-electron chi connectivity index (χ2n) is 6.64. The van der Waals surface area contributed by atoms with Crippen LogP contribution in [0.2, 0.25) is 0 Å². The molecule has 1 saturated carbocycles. The van der Waals surface area contributed by atoms with Crippen molar-refractivity contribution in [3.05, 3.63) is 42.1 Å². The monoisotopic (exact) mass is 415 g/mol. The van der Waals surface area contributed by atoms with Crippen LogP contribution in [-0.2, 0) is 20.8 Å². The fraction of sp³-hybridized carbons (Fsp3) is 0.421. The molecule has 1 aromatic carbocycles. The maximum Gasteiger partial charge on any atom is 0.417 e. The van der Waals surface area contributed by atoms with Crippen LogP contribution in [0.5, 0.6) is 5.88 Å². The Labute approximate surface area is 161 Å². The van der Waals surface area contributed by atoms with E-state index < -0.39 is 31.7 Å². The van der Waals surface area contributed by atoms with Crippen molar-refractivity contribution in [2.75, 3.05) is 14.2 Å². The number of hydrogen-bond acceptors (Lipinski definition) is 5. The molecule has 0 radical (unpaired) electrons. The fourth-order valence-electron chi connectivity index (χ4n) is 3.43. The summed E-state index contributed by atoms with van der Waals surface area (Å²) >= 11 is 0. The Hall–Kier alpha value is -2.13. The molecule has 1 heterocycles. The molecule has 2 aromatic rings. The summed E-state index contributed by atoms with van der Waals surface area (Å²) in [6, 6.07) is 6.36. The lowest BCUT2D eigenvalue weighted by Crippen LogP contribution is -2.23. The van der Waals surface area contributed by atoms with Crippen LogP contribution in [0.15, 0.2) is 41.4 Å². The molecule has 0 spiro atoms. The van der Waals surface area contributed by atoms with Crippen LogP contribution in [0.3, 0.4) is 0 Å². The number of alkyl halides is 3. The van der Waals surface area contributed by atoms with Gasteiger partial charge in [-0.2, -0.15) is 13.2 Å². The highest BCUT2D eigenvalue weighted by Gasteiger charge is 2.42. The zero-order chi connectivity index (χ0) is 20.5. The van der Waals surface area contributed by atoms with E-state index in [1.165, 1.54) is 32.5 Å². The number of ether oxygens (including phenoxy) is 2. The summed E-state index contributed by atoms with van der Waals surface area (Å²) < 4.78 is 77.0. The standard InChI is InChI=1S/C19H20F3NO4S/c1-26-14-5-6-15(10-14)28(24,25)17-7-3-12(9-16(17)19(20,21)22)13-4-8-18(27-2)23-11-13/h3-4,7-9,11,14-15H,5-6,10H2,1-2H3/t14-,15-/m1/s1. The number of rotatable bonds is 5. The maximum atomic E-state index is 13.7. The number of aromatic nitrogens is 1. The summed E-state index contributed by atoms with van der Waals surface area (Å²) in [5, 5.41) is -0.882. The van der Waals surface area contributed by atoms with E-state index in [0.29, 0.717) is 17.9 Å². The smallest absolute Gasteiger partial charge is 0.417 e. The molecule has 5 nitrogen and oxygen atoms in total. The third kappa shape index (κ3) is 4.00. The van der Waals surface area contributed by atoms with E-state index in [9.17, 15) is 21.6 Å². The van der Waals surface area contributed by atoms with Gasteiger partial charge in [-0.25, -0.2) is 13.4 Å². The number of halogens is 3. The van der Waals surface area contributed by atoms with Gasteiger partial charge in [0.05, 0.1) is 28.9 Å². The number of methoxy groups -OCH3 is 2. The third-order valence-electron chi connectivity index (χ3n) is 4.98. The number of pyridine rings is 1. The first-order chi connectivity index (χ1) is 13.2. The maximum absolute atomic E-state index is 13.7. The SMILES string of the molecule is COc1ccc(-c2ccc(S(=O)(=O)[C@@H]3CC[C@@H](OC)C3)c(C(F)(F)F)c2)cn1. The second kappa shape index (κ2) is 7.71. The van der Waals surface area contributed by atoms with Gasteiger partial charge in [-0.3, -0.25) is 0 Å². The van der Waals surface area contributed by atoms with Crippen LogP contribution in [0.1, 0.15) is 24.8 Å². The summed E-state index contributed by atoms with van der Waals surface area (Å²) in [6.07, 6.45) is -2.70. The number of nitrogens with zero attached hydrogens (tertiary/aromatic N) is 1. The highest BCUT2D eigenvalue weighted by Crippen LogP contribution is 2.40. The van der Waals surface area contributed by atoms with Crippen LogP contribution < -0.4 is 4.74 Å². The molecule has 1 aliphatic carbocycles. The van der Waals surface area contributed by atoms with E-state index in [4.69, 9.17) is 9.47 Å². The van der Waals surface area contributed by atoms with Crippen molar-refractivity contribution in [3.8, 4) is 17.0 Å². The molecular formula is C19H20F3NO4S. The molecule has 0 N–H and O–H groups in total. The quantitative estimate of drug-likeness (QED) is 0.735. The molecule has 1 aliphatic rings. The molecule has 0 aliphatic heterocycles. The Kier molecular flexibility index (Phi) is 5.67. The van der Waals surface area contributed by atoms with E-state index in [1.807, 2.05) is 0 Å². The van der Waals surface area contributed by atoms with Crippen molar-refractivity contribution in [2.45, 2.75) is 41.7 Å². The average molecular weight is 415 g/mol. The van der Waals surface area contributed by atoms with Gasteiger partial charge in [0.25, 0.3) is 0 Å². The lowest BCUT2D eigenvalue weighted by molar-refractivity contribution is -0.139. The predicted octanol–water partition coefficient (Wildman–Crippen LogP) is 4.12. The number of sulfone groups is 1. The molecule has 152 valence electrons. The van der Waals surface area contributed by atoms with E-state index in [0.717, 1.165) is 12.1 Å².